The SMILES string of the molecule is Cc1cnn(C[C@H]2CN(C[C@@H](O)COCc3ccco3)CCO2)c1. The molecule has 2 aromatic heterocycles. The molecule has 1 aliphatic heterocycles. The fraction of sp³-hybridized carbons (Fsp3) is 0.588. The number of nitrogens with zero attached hydrogens (tertiary/aromatic N) is 3. The fourth-order valence-electron chi connectivity index (χ4n) is 2.87. The van der Waals surface area contributed by atoms with Crippen molar-refractivity contribution in [2.75, 3.05) is 32.8 Å². The van der Waals surface area contributed by atoms with E-state index in [-0.39, 0.29) is 6.10 Å². The van der Waals surface area contributed by atoms with Gasteiger partial charge in [-0.05, 0) is 24.6 Å². The standard InChI is InChI=1S/C17H25N3O4/c1-14-7-18-20(8-14)11-17-10-19(4-6-24-17)9-15(21)12-22-13-16-3-2-5-23-16/h2-3,5,7-8,15,17,21H,4,6,9-13H2,1H3/t15-,17-/m1/s1. The number of aryl methyl sites for hydroxylation is 1. The van der Waals surface area contributed by atoms with Crippen LogP contribution >= 0.6 is 0 Å². The molecule has 0 saturated carbocycles. The highest BCUT2D eigenvalue weighted by Gasteiger charge is 2.23. The normalized spacial score (nSPS) is 20.3. The molecule has 0 bridgehead atoms. The molecule has 1 aliphatic rings. The molecule has 132 valence electrons. The van der Waals surface area contributed by atoms with E-state index in [1.54, 1.807) is 6.26 Å². The quantitative estimate of drug-likeness (QED) is 0.778. The molecule has 7 nitrogen and oxygen atoms in total. The first-order chi connectivity index (χ1) is 11.7. The van der Waals surface area contributed by atoms with Crippen LogP contribution in [0.5, 0.6) is 0 Å². The molecule has 1 N–H and O–H groups in total. The highest BCUT2D eigenvalue weighted by Crippen LogP contribution is 2.09. The Morgan fingerprint density at radius 1 is 1.50 bits per heavy atom. The largest absolute Gasteiger partial charge is 0.467 e. The number of aromatic nitrogens is 2. The third kappa shape index (κ3) is 5.17. The van der Waals surface area contributed by atoms with Crippen molar-refractivity contribution in [3.63, 3.8) is 0 Å². The van der Waals surface area contributed by atoms with E-state index in [0.717, 1.165) is 31.0 Å². The maximum atomic E-state index is 10.2. The van der Waals surface area contributed by atoms with Gasteiger partial charge in [-0.1, -0.05) is 0 Å². The number of rotatable bonds is 8. The Balaban J connectivity index is 1.38. The van der Waals surface area contributed by atoms with Crippen molar-refractivity contribution in [2.24, 2.45) is 0 Å². The molecule has 0 radical (unpaired) electrons. The summed E-state index contributed by atoms with van der Waals surface area (Å²) in [6.45, 7) is 6.29. The lowest BCUT2D eigenvalue weighted by molar-refractivity contribution is -0.0590. The molecule has 1 saturated heterocycles. The number of β-amino-alcohol motifs (C(OH)–C–C–N with tert-alkyl or cyclic N) is 1. The topological polar surface area (TPSA) is 72.9 Å². The van der Waals surface area contributed by atoms with Gasteiger partial charge in [0, 0.05) is 25.8 Å². The van der Waals surface area contributed by atoms with Gasteiger partial charge in [-0.2, -0.15) is 5.10 Å². The highest BCUT2D eigenvalue weighted by atomic mass is 16.5. The summed E-state index contributed by atoms with van der Waals surface area (Å²) in [6.07, 6.45) is 5.05. The Kier molecular flexibility index (Phi) is 6.03. The molecular weight excluding hydrogens is 310 g/mol. The van der Waals surface area contributed by atoms with Crippen LogP contribution in [0.2, 0.25) is 0 Å². The van der Waals surface area contributed by atoms with Crippen molar-refractivity contribution < 1.29 is 19.0 Å². The Bertz CT molecular complexity index is 599. The van der Waals surface area contributed by atoms with Gasteiger partial charge < -0.3 is 19.0 Å². The maximum Gasteiger partial charge on any atom is 0.129 e. The zero-order valence-corrected chi connectivity index (χ0v) is 14.0. The van der Waals surface area contributed by atoms with Gasteiger partial charge in [-0.3, -0.25) is 9.58 Å². The van der Waals surface area contributed by atoms with Gasteiger partial charge >= 0.3 is 0 Å². The first kappa shape index (κ1) is 17.2. The second-order valence-electron chi connectivity index (χ2n) is 6.24. The summed E-state index contributed by atoms with van der Waals surface area (Å²) in [4.78, 5) is 2.21. The van der Waals surface area contributed by atoms with Crippen LogP contribution in [0.4, 0.5) is 0 Å². The fourth-order valence-corrected chi connectivity index (χ4v) is 2.87. The zero-order valence-electron chi connectivity index (χ0n) is 14.0. The van der Waals surface area contributed by atoms with Gasteiger partial charge in [0.15, 0.2) is 0 Å². The minimum absolute atomic E-state index is 0.0919. The van der Waals surface area contributed by atoms with E-state index in [1.165, 1.54) is 0 Å². The Morgan fingerprint density at radius 2 is 2.42 bits per heavy atom. The smallest absolute Gasteiger partial charge is 0.129 e. The van der Waals surface area contributed by atoms with Gasteiger partial charge in [0.25, 0.3) is 0 Å². The Morgan fingerprint density at radius 3 is 3.17 bits per heavy atom. The van der Waals surface area contributed by atoms with Crippen LogP contribution in [0.1, 0.15) is 11.3 Å². The van der Waals surface area contributed by atoms with Crippen LogP contribution < -0.4 is 0 Å². The molecule has 0 unspecified atom stereocenters. The van der Waals surface area contributed by atoms with Crippen LogP contribution in [0.25, 0.3) is 0 Å². The molecule has 0 aromatic carbocycles. The van der Waals surface area contributed by atoms with Crippen molar-refractivity contribution in [1.29, 1.82) is 0 Å². The number of hydrogen-bond donors (Lipinski definition) is 1. The average molecular weight is 335 g/mol. The molecule has 0 amide bonds. The second-order valence-corrected chi connectivity index (χ2v) is 6.24. The molecular formula is C17H25N3O4. The molecule has 0 aliphatic carbocycles. The predicted molar refractivity (Wildman–Crippen MR) is 87.5 cm³/mol. The molecule has 24 heavy (non-hydrogen) atoms. The Labute approximate surface area is 141 Å². The summed E-state index contributed by atoms with van der Waals surface area (Å²) in [5, 5.41) is 14.5. The molecule has 1 fully saturated rings. The predicted octanol–water partition coefficient (Wildman–Crippen LogP) is 1.06. The number of hydrogen-bond acceptors (Lipinski definition) is 6. The van der Waals surface area contributed by atoms with Crippen molar-refractivity contribution in [3.8, 4) is 0 Å². The van der Waals surface area contributed by atoms with E-state index in [2.05, 4.69) is 10.00 Å². The number of morpholine rings is 1. The van der Waals surface area contributed by atoms with E-state index in [0.29, 0.717) is 26.4 Å². The van der Waals surface area contributed by atoms with Gasteiger partial charge in [0.1, 0.15) is 12.4 Å². The monoisotopic (exact) mass is 335 g/mol. The number of furan rings is 1. The molecule has 2 aromatic rings. The van der Waals surface area contributed by atoms with Gasteiger partial charge in [0.05, 0.1) is 44.4 Å². The maximum absolute atomic E-state index is 10.2. The first-order valence-corrected chi connectivity index (χ1v) is 8.30. The Hall–Kier alpha value is -1.67. The van der Waals surface area contributed by atoms with Crippen LogP contribution in [0, 0.1) is 6.92 Å². The van der Waals surface area contributed by atoms with Crippen molar-refractivity contribution in [2.45, 2.75) is 32.3 Å². The van der Waals surface area contributed by atoms with Gasteiger partial charge in [-0.15, -0.1) is 0 Å². The summed E-state index contributed by atoms with van der Waals surface area (Å²) in [7, 11) is 0. The summed E-state index contributed by atoms with van der Waals surface area (Å²) in [6, 6.07) is 3.68. The minimum atomic E-state index is -0.523. The second kappa shape index (κ2) is 8.43. The van der Waals surface area contributed by atoms with Crippen molar-refractivity contribution >= 4 is 0 Å². The molecule has 3 heterocycles. The van der Waals surface area contributed by atoms with Crippen molar-refractivity contribution in [3.05, 3.63) is 42.1 Å². The van der Waals surface area contributed by atoms with Gasteiger partial charge in [-0.25, -0.2) is 0 Å². The summed E-state index contributed by atoms with van der Waals surface area (Å²) >= 11 is 0. The lowest BCUT2D eigenvalue weighted by Gasteiger charge is -2.33. The van der Waals surface area contributed by atoms with Gasteiger partial charge in [0.2, 0.25) is 0 Å². The van der Waals surface area contributed by atoms with E-state index < -0.39 is 6.10 Å². The van der Waals surface area contributed by atoms with E-state index >= 15 is 0 Å². The van der Waals surface area contributed by atoms with E-state index in [4.69, 9.17) is 13.9 Å². The molecule has 2 atom stereocenters. The third-order valence-electron chi connectivity index (χ3n) is 3.98. The summed E-state index contributed by atoms with van der Waals surface area (Å²) in [5.74, 6) is 0.767. The summed E-state index contributed by atoms with van der Waals surface area (Å²) < 4.78 is 18.4. The van der Waals surface area contributed by atoms with E-state index in [9.17, 15) is 5.11 Å². The number of aliphatic hydroxyl groups is 1. The van der Waals surface area contributed by atoms with Crippen LogP contribution in [0.15, 0.2) is 35.2 Å². The van der Waals surface area contributed by atoms with Crippen LogP contribution in [0.3, 0.4) is 0 Å². The van der Waals surface area contributed by atoms with Crippen LogP contribution in [-0.2, 0) is 22.6 Å². The highest BCUT2D eigenvalue weighted by molar-refractivity contribution is 4.99. The van der Waals surface area contributed by atoms with Crippen LogP contribution in [-0.4, -0.2) is 64.8 Å². The number of ether oxygens (including phenoxy) is 2. The summed E-state index contributed by atoms with van der Waals surface area (Å²) in [5.41, 5.74) is 1.15. The third-order valence-corrected chi connectivity index (χ3v) is 3.98. The first-order valence-electron chi connectivity index (χ1n) is 8.30. The average Bonchev–Trinajstić information content (AvgIpc) is 3.20. The zero-order chi connectivity index (χ0) is 16.8. The molecule has 3 rings (SSSR count). The molecule has 7 heteroatoms. The lowest BCUT2D eigenvalue weighted by Crippen LogP contribution is -2.47. The van der Waals surface area contributed by atoms with Crippen molar-refractivity contribution in [1.82, 2.24) is 14.7 Å². The molecule has 0 spiro atoms. The minimum Gasteiger partial charge on any atom is -0.467 e. The van der Waals surface area contributed by atoms with E-state index in [1.807, 2.05) is 36.1 Å². The lowest BCUT2D eigenvalue weighted by atomic mass is 10.2. The number of aliphatic hydroxyl groups excluding tert-OH is 1.